The third-order valence-corrected chi connectivity index (χ3v) is 2.54. The SMILES string of the molecule is C[SiH](C)OC(C#CC(C)(C)N)C(C)(C)C. The lowest BCUT2D eigenvalue weighted by Crippen LogP contribution is -2.34. The second kappa shape index (κ2) is 5.15. The van der Waals surface area contributed by atoms with Crippen LogP contribution < -0.4 is 5.73 Å². The van der Waals surface area contributed by atoms with E-state index in [1.807, 2.05) is 13.8 Å². The Morgan fingerprint density at radius 2 is 1.60 bits per heavy atom. The fourth-order valence-electron chi connectivity index (χ4n) is 0.978. The Hall–Kier alpha value is -0.303. The van der Waals surface area contributed by atoms with Crippen molar-refractivity contribution in [1.82, 2.24) is 0 Å². The van der Waals surface area contributed by atoms with Gasteiger partial charge in [0.1, 0.15) is 6.10 Å². The normalized spacial score (nSPS) is 14.7. The average Bonchev–Trinajstić information content (AvgIpc) is 1.93. The standard InChI is InChI=1S/C12H25NOSi/c1-11(2,3)10(14-15(6)7)8-9-12(4,5)13/h10,15H,13H2,1-7H3. The lowest BCUT2D eigenvalue weighted by atomic mass is 9.89. The maximum atomic E-state index is 5.92. The van der Waals surface area contributed by atoms with Crippen molar-refractivity contribution >= 4 is 9.04 Å². The summed E-state index contributed by atoms with van der Waals surface area (Å²) in [7, 11) is -1.06. The molecule has 88 valence electrons. The Morgan fingerprint density at radius 1 is 1.13 bits per heavy atom. The maximum Gasteiger partial charge on any atom is 0.172 e. The average molecular weight is 227 g/mol. The molecule has 0 aromatic rings. The van der Waals surface area contributed by atoms with Gasteiger partial charge in [0.05, 0.1) is 5.54 Å². The van der Waals surface area contributed by atoms with Crippen molar-refractivity contribution in [2.24, 2.45) is 11.1 Å². The van der Waals surface area contributed by atoms with Crippen molar-refractivity contribution in [2.45, 2.75) is 59.4 Å². The summed E-state index contributed by atoms with van der Waals surface area (Å²) < 4.78 is 5.92. The molecule has 0 saturated carbocycles. The van der Waals surface area contributed by atoms with Gasteiger partial charge in [0.2, 0.25) is 0 Å². The van der Waals surface area contributed by atoms with Gasteiger partial charge in [0.15, 0.2) is 9.04 Å². The van der Waals surface area contributed by atoms with Gasteiger partial charge in [0, 0.05) is 0 Å². The molecule has 0 aromatic carbocycles. The van der Waals surface area contributed by atoms with Crippen molar-refractivity contribution < 1.29 is 4.43 Å². The van der Waals surface area contributed by atoms with Crippen molar-refractivity contribution in [1.29, 1.82) is 0 Å². The molecule has 0 spiro atoms. The van der Waals surface area contributed by atoms with E-state index in [0.29, 0.717) is 0 Å². The molecule has 0 rings (SSSR count). The first kappa shape index (κ1) is 14.7. The minimum absolute atomic E-state index is 0.00742. The zero-order valence-corrected chi connectivity index (χ0v) is 12.3. The molecule has 0 aliphatic carbocycles. The summed E-state index contributed by atoms with van der Waals surface area (Å²) in [6, 6.07) is 0. The third-order valence-electron chi connectivity index (χ3n) is 1.72. The fourth-order valence-corrected chi connectivity index (χ4v) is 2.00. The lowest BCUT2D eigenvalue weighted by molar-refractivity contribution is 0.137. The number of rotatable bonds is 2. The minimum Gasteiger partial charge on any atom is -0.406 e. The van der Waals surface area contributed by atoms with Crippen LogP contribution in [0.1, 0.15) is 34.6 Å². The van der Waals surface area contributed by atoms with E-state index < -0.39 is 14.6 Å². The molecule has 1 unspecified atom stereocenters. The van der Waals surface area contributed by atoms with E-state index in [-0.39, 0.29) is 11.5 Å². The van der Waals surface area contributed by atoms with Gasteiger partial charge in [-0.3, -0.25) is 0 Å². The number of nitrogens with two attached hydrogens (primary N) is 1. The third kappa shape index (κ3) is 7.61. The molecule has 0 bridgehead atoms. The summed E-state index contributed by atoms with van der Waals surface area (Å²) >= 11 is 0. The maximum absolute atomic E-state index is 5.92. The molecular weight excluding hydrogens is 202 g/mol. The molecule has 0 saturated heterocycles. The highest BCUT2D eigenvalue weighted by Gasteiger charge is 2.24. The van der Waals surface area contributed by atoms with Gasteiger partial charge in [-0.15, -0.1) is 0 Å². The largest absolute Gasteiger partial charge is 0.406 e. The molecule has 0 aromatic heterocycles. The lowest BCUT2D eigenvalue weighted by Gasteiger charge is -2.28. The second-order valence-electron chi connectivity index (χ2n) is 5.92. The second-order valence-corrected chi connectivity index (χ2v) is 8.29. The summed E-state index contributed by atoms with van der Waals surface area (Å²) in [5, 5.41) is 0. The fraction of sp³-hybridized carbons (Fsp3) is 0.833. The molecule has 0 aliphatic rings. The molecule has 0 radical (unpaired) electrons. The molecule has 2 nitrogen and oxygen atoms in total. The van der Waals surface area contributed by atoms with E-state index in [1.54, 1.807) is 0 Å². The van der Waals surface area contributed by atoms with Gasteiger partial charge < -0.3 is 10.2 Å². The van der Waals surface area contributed by atoms with Crippen LogP contribution in [-0.4, -0.2) is 20.7 Å². The monoisotopic (exact) mass is 227 g/mol. The Kier molecular flexibility index (Phi) is 5.05. The Morgan fingerprint density at radius 3 is 1.87 bits per heavy atom. The highest BCUT2D eigenvalue weighted by molar-refractivity contribution is 6.48. The zero-order chi connectivity index (χ0) is 12.3. The molecule has 2 N–H and O–H groups in total. The van der Waals surface area contributed by atoms with E-state index >= 15 is 0 Å². The highest BCUT2D eigenvalue weighted by atomic mass is 28.3. The van der Waals surface area contributed by atoms with E-state index in [1.165, 1.54) is 0 Å². The summed E-state index contributed by atoms with van der Waals surface area (Å²) in [6.45, 7) is 14.6. The van der Waals surface area contributed by atoms with Crippen LogP contribution in [0.4, 0.5) is 0 Å². The van der Waals surface area contributed by atoms with Gasteiger partial charge in [-0.25, -0.2) is 0 Å². The molecule has 3 heteroatoms. The van der Waals surface area contributed by atoms with E-state index in [4.69, 9.17) is 10.2 Å². The Labute approximate surface area is 96.3 Å². The molecule has 0 fully saturated rings. The predicted molar refractivity (Wildman–Crippen MR) is 69.2 cm³/mol. The minimum atomic E-state index is -1.06. The van der Waals surface area contributed by atoms with E-state index in [2.05, 4.69) is 45.7 Å². The van der Waals surface area contributed by atoms with Gasteiger partial charge in [0.25, 0.3) is 0 Å². The van der Waals surface area contributed by atoms with Crippen molar-refractivity contribution in [3.8, 4) is 11.8 Å². The topological polar surface area (TPSA) is 35.2 Å². The van der Waals surface area contributed by atoms with Crippen LogP contribution >= 0.6 is 0 Å². The first-order chi connectivity index (χ1) is 6.52. The van der Waals surface area contributed by atoms with Crippen LogP contribution in [0, 0.1) is 17.3 Å². The first-order valence-electron chi connectivity index (χ1n) is 5.49. The van der Waals surface area contributed by atoms with Crippen molar-refractivity contribution in [2.75, 3.05) is 0 Å². The van der Waals surface area contributed by atoms with E-state index in [9.17, 15) is 0 Å². The van der Waals surface area contributed by atoms with Crippen LogP contribution in [0.3, 0.4) is 0 Å². The highest BCUT2D eigenvalue weighted by Crippen LogP contribution is 2.22. The van der Waals surface area contributed by atoms with Gasteiger partial charge in [-0.1, -0.05) is 32.6 Å². The molecule has 0 amide bonds. The molecular formula is C12H25NOSi. The molecule has 15 heavy (non-hydrogen) atoms. The van der Waals surface area contributed by atoms with Crippen LogP contribution in [0.15, 0.2) is 0 Å². The number of hydrogen-bond acceptors (Lipinski definition) is 2. The number of hydrogen-bond donors (Lipinski definition) is 1. The van der Waals surface area contributed by atoms with Crippen molar-refractivity contribution in [3.05, 3.63) is 0 Å². The summed E-state index contributed by atoms with van der Waals surface area (Å²) in [5.74, 6) is 6.23. The van der Waals surface area contributed by atoms with Gasteiger partial charge in [-0.2, -0.15) is 0 Å². The molecule has 0 heterocycles. The van der Waals surface area contributed by atoms with Crippen LogP contribution in [0.25, 0.3) is 0 Å². The first-order valence-corrected chi connectivity index (χ1v) is 8.27. The summed E-state index contributed by atoms with van der Waals surface area (Å²) in [6.07, 6.45) is -0.00742. The molecule has 1 atom stereocenters. The van der Waals surface area contributed by atoms with Crippen LogP contribution in [-0.2, 0) is 4.43 Å². The zero-order valence-electron chi connectivity index (χ0n) is 11.1. The Bertz CT molecular complexity index is 250. The van der Waals surface area contributed by atoms with Crippen LogP contribution in [0.5, 0.6) is 0 Å². The molecule has 0 aliphatic heterocycles. The Balaban J connectivity index is 4.72. The van der Waals surface area contributed by atoms with Crippen LogP contribution in [0.2, 0.25) is 13.1 Å². The van der Waals surface area contributed by atoms with Gasteiger partial charge in [-0.05, 0) is 32.4 Å². The quantitative estimate of drug-likeness (QED) is 0.579. The summed E-state index contributed by atoms with van der Waals surface area (Å²) in [4.78, 5) is 0. The van der Waals surface area contributed by atoms with Gasteiger partial charge >= 0.3 is 0 Å². The van der Waals surface area contributed by atoms with Crippen molar-refractivity contribution in [3.63, 3.8) is 0 Å². The van der Waals surface area contributed by atoms with E-state index in [0.717, 1.165) is 0 Å². The summed E-state index contributed by atoms with van der Waals surface area (Å²) in [5.41, 5.74) is 5.45. The predicted octanol–water partition coefficient (Wildman–Crippen LogP) is 2.14. The smallest absolute Gasteiger partial charge is 0.172 e.